The van der Waals surface area contributed by atoms with E-state index in [4.69, 9.17) is 4.53 Å². The first-order valence-electron chi connectivity index (χ1n) is 10.5. The van der Waals surface area contributed by atoms with Crippen LogP contribution in [-0.4, -0.2) is 24.1 Å². The molecule has 0 N–H and O–H groups in total. The predicted molar refractivity (Wildman–Crippen MR) is 128 cm³/mol. The quantitative estimate of drug-likeness (QED) is 0.214. The van der Waals surface area contributed by atoms with Crippen LogP contribution in [0.2, 0.25) is 0 Å². The number of hydrogen-bond donors (Lipinski definition) is 0. The van der Waals surface area contributed by atoms with Crippen molar-refractivity contribution in [2.75, 3.05) is 0 Å². The molecule has 31 heavy (non-hydrogen) atoms. The van der Waals surface area contributed by atoms with Gasteiger partial charge in [-0.3, -0.25) is 0 Å². The second kappa shape index (κ2) is 10.0. The lowest BCUT2D eigenvalue weighted by Gasteiger charge is -2.29. The van der Waals surface area contributed by atoms with Crippen LogP contribution in [0.4, 0.5) is 0 Å². The van der Waals surface area contributed by atoms with Crippen molar-refractivity contribution >= 4 is 14.5 Å². The molecule has 156 valence electrons. The lowest BCUT2D eigenvalue weighted by Crippen LogP contribution is -2.46. The highest BCUT2D eigenvalue weighted by Gasteiger charge is 2.39. The van der Waals surface area contributed by atoms with Gasteiger partial charge in [0.15, 0.2) is 5.82 Å². The van der Waals surface area contributed by atoms with Crippen molar-refractivity contribution in [2.24, 2.45) is 12.2 Å². The van der Waals surface area contributed by atoms with Crippen LogP contribution >= 0.6 is 0 Å². The number of imidazole rings is 1. The number of rotatable bonds is 9. The maximum Gasteiger partial charge on any atom is 0.300 e. The van der Waals surface area contributed by atoms with Crippen LogP contribution in [0.3, 0.4) is 0 Å². The van der Waals surface area contributed by atoms with E-state index >= 15 is 0 Å². The molecule has 0 unspecified atom stereocenters. The minimum absolute atomic E-state index is 0.780. The monoisotopic (exact) mass is 425 g/mol. The summed E-state index contributed by atoms with van der Waals surface area (Å²) in [7, 11) is -0.449. The zero-order valence-corrected chi connectivity index (χ0v) is 18.8. The molecule has 0 radical (unpaired) electrons. The Bertz CT molecular complexity index is 994. The van der Waals surface area contributed by atoms with Crippen molar-refractivity contribution in [1.82, 2.24) is 9.55 Å². The Kier molecular flexibility index (Phi) is 6.74. The Labute approximate surface area is 185 Å². The standard InChI is InChI=1S/C26H27N3OSi/c1-29-18-17-27-26(29)19-28-30-31(20-23-11-5-2-6-12-23,21-24-13-7-3-8-14-24)22-25-15-9-4-10-16-25/h2-19H,20-22H2,1H3. The minimum atomic E-state index is -2.40. The molecule has 4 rings (SSSR count). The van der Waals surface area contributed by atoms with Crippen molar-refractivity contribution in [3.8, 4) is 0 Å². The van der Waals surface area contributed by atoms with Crippen LogP contribution in [0, 0.1) is 0 Å². The van der Waals surface area contributed by atoms with E-state index in [0.29, 0.717) is 0 Å². The van der Waals surface area contributed by atoms with Crippen molar-refractivity contribution < 1.29 is 4.53 Å². The Morgan fingerprint density at radius 1 is 0.774 bits per heavy atom. The van der Waals surface area contributed by atoms with E-state index < -0.39 is 8.32 Å². The Morgan fingerprint density at radius 2 is 1.23 bits per heavy atom. The second-order valence-electron chi connectivity index (χ2n) is 7.89. The average molecular weight is 426 g/mol. The molecule has 3 aromatic carbocycles. The molecule has 0 aliphatic heterocycles. The summed E-state index contributed by atoms with van der Waals surface area (Å²) in [5.41, 5.74) is 3.86. The van der Waals surface area contributed by atoms with Gasteiger partial charge in [-0.05, 0) is 16.7 Å². The molecule has 4 nitrogen and oxygen atoms in total. The fraction of sp³-hybridized carbons (Fsp3) is 0.154. The fourth-order valence-corrected chi connectivity index (χ4v) is 7.66. The van der Waals surface area contributed by atoms with Gasteiger partial charge < -0.3 is 9.09 Å². The zero-order chi connectivity index (χ0) is 21.4. The molecule has 0 saturated heterocycles. The molecular formula is C26H27N3OSi. The molecule has 0 amide bonds. The third kappa shape index (κ3) is 5.80. The number of aromatic nitrogens is 2. The number of aryl methyl sites for hydroxylation is 1. The Morgan fingerprint density at radius 3 is 1.61 bits per heavy atom. The molecule has 0 saturated carbocycles. The molecular weight excluding hydrogens is 398 g/mol. The first kappa shape index (κ1) is 20.8. The molecule has 0 fully saturated rings. The second-order valence-corrected chi connectivity index (χ2v) is 11.5. The van der Waals surface area contributed by atoms with Crippen LogP contribution in [0.5, 0.6) is 0 Å². The minimum Gasteiger partial charge on any atom is -0.454 e. The number of hydrogen-bond acceptors (Lipinski definition) is 3. The highest BCUT2D eigenvalue weighted by atomic mass is 28.4. The van der Waals surface area contributed by atoms with E-state index in [-0.39, 0.29) is 0 Å². The largest absolute Gasteiger partial charge is 0.454 e. The fourth-order valence-electron chi connectivity index (χ4n) is 3.87. The van der Waals surface area contributed by atoms with E-state index in [1.165, 1.54) is 16.7 Å². The van der Waals surface area contributed by atoms with Gasteiger partial charge in [0.05, 0.1) is 0 Å². The van der Waals surface area contributed by atoms with E-state index in [9.17, 15) is 0 Å². The summed E-state index contributed by atoms with van der Waals surface area (Å²) < 4.78 is 8.46. The lowest BCUT2D eigenvalue weighted by molar-refractivity contribution is 0.319. The van der Waals surface area contributed by atoms with E-state index in [0.717, 1.165) is 24.0 Å². The van der Waals surface area contributed by atoms with Gasteiger partial charge in [0.1, 0.15) is 6.21 Å². The maximum absolute atomic E-state index is 6.52. The van der Waals surface area contributed by atoms with Gasteiger partial charge in [0, 0.05) is 37.6 Å². The lowest BCUT2D eigenvalue weighted by atomic mass is 10.2. The summed E-state index contributed by atoms with van der Waals surface area (Å²) in [6, 6.07) is 34.5. The summed E-state index contributed by atoms with van der Waals surface area (Å²) >= 11 is 0. The third-order valence-corrected chi connectivity index (χ3v) is 9.03. The molecule has 4 aromatic rings. The Hall–Kier alpha value is -3.44. The van der Waals surface area contributed by atoms with Crippen LogP contribution in [0.1, 0.15) is 22.5 Å². The maximum atomic E-state index is 6.52. The molecule has 1 aromatic heterocycles. The van der Waals surface area contributed by atoms with E-state index in [2.05, 4.69) is 101 Å². The van der Waals surface area contributed by atoms with Crippen molar-refractivity contribution in [2.45, 2.75) is 18.1 Å². The zero-order valence-electron chi connectivity index (χ0n) is 17.8. The van der Waals surface area contributed by atoms with Crippen molar-refractivity contribution in [3.05, 3.63) is 126 Å². The molecule has 0 aliphatic carbocycles. The normalized spacial score (nSPS) is 11.6. The van der Waals surface area contributed by atoms with Gasteiger partial charge in [-0.15, -0.1) is 5.16 Å². The highest BCUT2D eigenvalue weighted by Crippen LogP contribution is 2.24. The van der Waals surface area contributed by atoms with Crippen LogP contribution in [0.25, 0.3) is 0 Å². The third-order valence-electron chi connectivity index (χ3n) is 5.38. The van der Waals surface area contributed by atoms with E-state index in [1.54, 1.807) is 12.4 Å². The molecule has 0 atom stereocenters. The molecule has 1 heterocycles. The first-order chi connectivity index (χ1) is 15.2. The molecule has 0 spiro atoms. The SMILES string of the molecule is Cn1ccnc1C=NO[Si](Cc1ccccc1)(Cc1ccccc1)Cc1ccccc1. The summed E-state index contributed by atoms with van der Waals surface area (Å²) in [5, 5.41) is 4.49. The van der Waals surface area contributed by atoms with Gasteiger partial charge in [0.2, 0.25) is 0 Å². The summed E-state index contributed by atoms with van der Waals surface area (Å²) in [5.74, 6) is 0.780. The van der Waals surface area contributed by atoms with Gasteiger partial charge in [-0.1, -0.05) is 91.0 Å². The van der Waals surface area contributed by atoms with Crippen LogP contribution in [0.15, 0.2) is 109 Å². The topological polar surface area (TPSA) is 39.4 Å². The summed E-state index contributed by atoms with van der Waals surface area (Å²) in [6.07, 6.45) is 5.40. The number of nitrogens with zero attached hydrogens (tertiary/aromatic N) is 3. The molecule has 0 bridgehead atoms. The van der Waals surface area contributed by atoms with Gasteiger partial charge in [-0.2, -0.15) is 0 Å². The number of benzene rings is 3. The number of oxime groups is 1. The Balaban J connectivity index is 1.70. The van der Waals surface area contributed by atoms with Gasteiger partial charge >= 0.3 is 0 Å². The first-order valence-corrected chi connectivity index (χ1v) is 13.1. The summed E-state index contributed by atoms with van der Waals surface area (Å²) in [6.45, 7) is 0. The van der Waals surface area contributed by atoms with Gasteiger partial charge in [0.25, 0.3) is 8.32 Å². The van der Waals surface area contributed by atoms with E-state index in [1.807, 2.05) is 17.8 Å². The van der Waals surface area contributed by atoms with Gasteiger partial charge in [-0.25, -0.2) is 4.98 Å². The van der Waals surface area contributed by atoms with Crippen LogP contribution < -0.4 is 0 Å². The van der Waals surface area contributed by atoms with Crippen molar-refractivity contribution in [3.63, 3.8) is 0 Å². The van der Waals surface area contributed by atoms with Crippen LogP contribution in [-0.2, 0) is 29.7 Å². The molecule has 5 heteroatoms. The van der Waals surface area contributed by atoms with Crippen molar-refractivity contribution in [1.29, 1.82) is 0 Å². The predicted octanol–water partition coefficient (Wildman–Crippen LogP) is 5.06. The smallest absolute Gasteiger partial charge is 0.300 e. The summed E-state index contributed by atoms with van der Waals surface area (Å²) in [4.78, 5) is 4.34. The highest BCUT2D eigenvalue weighted by molar-refractivity contribution is 6.72. The average Bonchev–Trinajstić information content (AvgIpc) is 3.20. The molecule has 0 aliphatic rings.